The summed E-state index contributed by atoms with van der Waals surface area (Å²) < 4.78 is 15.9. The van der Waals surface area contributed by atoms with Crippen LogP contribution in [0.4, 0.5) is 5.69 Å². The zero-order chi connectivity index (χ0) is 16.5. The molecule has 7 nitrogen and oxygen atoms in total. The number of halogens is 1. The number of amides is 1. The molecule has 0 aliphatic carbocycles. The molecule has 1 aromatic heterocycles. The second-order valence-corrected chi connectivity index (χ2v) is 5.32. The number of rotatable bonds is 3. The molecule has 0 bridgehead atoms. The summed E-state index contributed by atoms with van der Waals surface area (Å²) >= 11 is 6.08. The first kappa shape index (κ1) is 14.5. The van der Waals surface area contributed by atoms with Crippen molar-refractivity contribution < 1.29 is 18.7 Å². The molecule has 0 unspecified atom stereocenters. The maximum absolute atomic E-state index is 12.2. The summed E-state index contributed by atoms with van der Waals surface area (Å²) in [6.07, 6.45) is 0. The Bertz CT molecular complexity index is 925. The van der Waals surface area contributed by atoms with Crippen LogP contribution >= 0.6 is 11.6 Å². The molecule has 8 heteroatoms. The van der Waals surface area contributed by atoms with Crippen LogP contribution in [0.2, 0.25) is 5.02 Å². The number of ether oxygens (including phenoxy) is 2. The van der Waals surface area contributed by atoms with Crippen molar-refractivity contribution >= 4 is 23.2 Å². The van der Waals surface area contributed by atoms with Crippen LogP contribution in [-0.4, -0.2) is 22.9 Å². The van der Waals surface area contributed by atoms with E-state index in [-0.39, 0.29) is 18.6 Å². The fourth-order valence-electron chi connectivity index (χ4n) is 2.22. The van der Waals surface area contributed by atoms with E-state index in [0.717, 1.165) is 0 Å². The van der Waals surface area contributed by atoms with Gasteiger partial charge in [0.05, 0.1) is 10.6 Å². The monoisotopic (exact) mass is 343 g/mol. The zero-order valence-corrected chi connectivity index (χ0v) is 12.9. The van der Waals surface area contributed by atoms with E-state index in [1.165, 1.54) is 0 Å². The van der Waals surface area contributed by atoms with Crippen LogP contribution < -0.4 is 14.8 Å². The molecule has 2 heterocycles. The third-order valence-corrected chi connectivity index (χ3v) is 3.68. The second-order valence-electron chi connectivity index (χ2n) is 4.91. The standard InChI is InChI=1S/C16H10ClN3O4/c17-11-4-2-1-3-10(11)15-19-20-16(24-15)14(21)18-9-5-6-12-13(7-9)23-8-22-12/h1-7H,8H2,(H,18,21). The summed E-state index contributed by atoms with van der Waals surface area (Å²) in [6, 6.07) is 12.1. The lowest BCUT2D eigenvalue weighted by Crippen LogP contribution is -2.12. The van der Waals surface area contributed by atoms with Gasteiger partial charge in [-0.1, -0.05) is 23.7 Å². The van der Waals surface area contributed by atoms with Gasteiger partial charge in [0.15, 0.2) is 11.5 Å². The van der Waals surface area contributed by atoms with Crippen molar-refractivity contribution in [1.29, 1.82) is 0 Å². The molecule has 1 amide bonds. The van der Waals surface area contributed by atoms with Crippen molar-refractivity contribution in [3.05, 3.63) is 53.4 Å². The highest BCUT2D eigenvalue weighted by atomic mass is 35.5. The average molecular weight is 344 g/mol. The molecule has 24 heavy (non-hydrogen) atoms. The fraction of sp³-hybridized carbons (Fsp3) is 0.0625. The highest BCUT2D eigenvalue weighted by Crippen LogP contribution is 2.34. The van der Waals surface area contributed by atoms with Crippen LogP contribution in [0.25, 0.3) is 11.5 Å². The number of carbonyl (C=O) groups is 1. The van der Waals surface area contributed by atoms with E-state index in [9.17, 15) is 4.79 Å². The van der Waals surface area contributed by atoms with Crippen molar-refractivity contribution in [3.8, 4) is 23.0 Å². The SMILES string of the molecule is O=C(Nc1ccc2c(c1)OCO2)c1nnc(-c2ccccc2Cl)o1. The highest BCUT2D eigenvalue weighted by Gasteiger charge is 2.19. The molecule has 0 saturated heterocycles. The fourth-order valence-corrected chi connectivity index (χ4v) is 2.43. The lowest BCUT2D eigenvalue weighted by molar-refractivity contribution is 0.0991. The number of benzene rings is 2. The molecular weight excluding hydrogens is 334 g/mol. The summed E-state index contributed by atoms with van der Waals surface area (Å²) in [6.45, 7) is 0.164. The Hall–Kier alpha value is -3.06. The van der Waals surface area contributed by atoms with Gasteiger partial charge in [-0.05, 0) is 24.3 Å². The summed E-state index contributed by atoms with van der Waals surface area (Å²) in [5.41, 5.74) is 1.09. The van der Waals surface area contributed by atoms with E-state index in [2.05, 4.69) is 15.5 Å². The van der Waals surface area contributed by atoms with Gasteiger partial charge in [0.2, 0.25) is 12.7 Å². The summed E-state index contributed by atoms with van der Waals surface area (Å²) in [5, 5.41) is 10.7. The maximum Gasteiger partial charge on any atom is 0.313 e. The number of nitrogens with zero attached hydrogens (tertiary/aromatic N) is 2. The van der Waals surface area contributed by atoms with E-state index < -0.39 is 5.91 Å². The topological polar surface area (TPSA) is 86.5 Å². The molecule has 1 N–H and O–H groups in total. The Morgan fingerprint density at radius 2 is 1.92 bits per heavy atom. The van der Waals surface area contributed by atoms with E-state index in [1.54, 1.807) is 42.5 Å². The molecule has 1 aliphatic heterocycles. The van der Waals surface area contributed by atoms with Gasteiger partial charge in [0, 0.05) is 11.8 Å². The molecule has 0 spiro atoms. The van der Waals surface area contributed by atoms with E-state index in [4.69, 9.17) is 25.5 Å². The largest absolute Gasteiger partial charge is 0.454 e. The van der Waals surface area contributed by atoms with Crippen molar-refractivity contribution in [2.45, 2.75) is 0 Å². The third-order valence-electron chi connectivity index (χ3n) is 3.35. The number of fused-ring (bicyclic) bond motifs is 1. The number of hydrogen-bond donors (Lipinski definition) is 1. The van der Waals surface area contributed by atoms with E-state index in [1.807, 2.05) is 0 Å². The van der Waals surface area contributed by atoms with Crippen LogP contribution in [0, 0.1) is 0 Å². The molecule has 120 valence electrons. The number of carbonyl (C=O) groups excluding carboxylic acids is 1. The van der Waals surface area contributed by atoms with Crippen LogP contribution in [0.1, 0.15) is 10.7 Å². The number of anilines is 1. The minimum Gasteiger partial charge on any atom is -0.454 e. The van der Waals surface area contributed by atoms with Crippen LogP contribution in [-0.2, 0) is 0 Å². The molecule has 2 aromatic carbocycles. The molecule has 0 saturated carbocycles. The highest BCUT2D eigenvalue weighted by molar-refractivity contribution is 6.33. The Kier molecular flexibility index (Phi) is 3.55. The first-order valence-corrected chi connectivity index (χ1v) is 7.38. The molecule has 0 atom stereocenters. The molecule has 3 aromatic rings. The molecule has 0 fully saturated rings. The number of nitrogens with one attached hydrogen (secondary N) is 1. The minimum absolute atomic E-state index is 0.164. The van der Waals surface area contributed by atoms with Crippen molar-refractivity contribution in [1.82, 2.24) is 10.2 Å². The van der Waals surface area contributed by atoms with Gasteiger partial charge in [-0.15, -0.1) is 10.2 Å². The predicted octanol–water partition coefficient (Wildman–Crippen LogP) is 3.37. The Morgan fingerprint density at radius 1 is 1.08 bits per heavy atom. The van der Waals surface area contributed by atoms with Gasteiger partial charge in [0.25, 0.3) is 0 Å². The third kappa shape index (κ3) is 2.65. The van der Waals surface area contributed by atoms with Gasteiger partial charge < -0.3 is 19.2 Å². The van der Waals surface area contributed by atoms with Crippen LogP contribution in [0.5, 0.6) is 11.5 Å². The quantitative estimate of drug-likeness (QED) is 0.784. The molecular formula is C16H10ClN3O4. The summed E-state index contributed by atoms with van der Waals surface area (Å²) in [4.78, 5) is 12.2. The predicted molar refractivity (Wildman–Crippen MR) is 85.3 cm³/mol. The Morgan fingerprint density at radius 3 is 2.79 bits per heavy atom. The van der Waals surface area contributed by atoms with E-state index >= 15 is 0 Å². The molecule has 1 aliphatic rings. The first-order chi connectivity index (χ1) is 11.7. The summed E-state index contributed by atoms with van der Waals surface area (Å²) in [5.74, 6) is 0.681. The van der Waals surface area contributed by atoms with Crippen LogP contribution in [0.3, 0.4) is 0 Å². The Balaban J connectivity index is 1.54. The van der Waals surface area contributed by atoms with E-state index in [0.29, 0.717) is 27.8 Å². The van der Waals surface area contributed by atoms with Gasteiger partial charge in [0.1, 0.15) is 0 Å². The minimum atomic E-state index is -0.528. The lowest BCUT2D eigenvalue weighted by atomic mass is 10.2. The van der Waals surface area contributed by atoms with Gasteiger partial charge in [-0.25, -0.2) is 0 Å². The van der Waals surface area contributed by atoms with Gasteiger partial charge in [-0.3, -0.25) is 4.79 Å². The maximum atomic E-state index is 12.2. The van der Waals surface area contributed by atoms with Crippen molar-refractivity contribution in [2.75, 3.05) is 12.1 Å². The second kappa shape index (κ2) is 5.86. The Labute approximate surface area is 141 Å². The molecule has 0 radical (unpaired) electrons. The van der Waals surface area contributed by atoms with Crippen LogP contribution in [0.15, 0.2) is 46.9 Å². The zero-order valence-electron chi connectivity index (χ0n) is 12.2. The van der Waals surface area contributed by atoms with Crippen molar-refractivity contribution in [2.24, 2.45) is 0 Å². The average Bonchev–Trinajstić information content (AvgIpc) is 3.24. The number of hydrogen-bond acceptors (Lipinski definition) is 6. The number of aromatic nitrogens is 2. The van der Waals surface area contributed by atoms with Gasteiger partial charge >= 0.3 is 11.8 Å². The van der Waals surface area contributed by atoms with Crippen molar-refractivity contribution in [3.63, 3.8) is 0 Å². The first-order valence-electron chi connectivity index (χ1n) is 7.00. The lowest BCUT2D eigenvalue weighted by Gasteiger charge is -2.03. The summed E-state index contributed by atoms with van der Waals surface area (Å²) in [7, 11) is 0. The normalized spacial score (nSPS) is 12.2. The molecule has 4 rings (SSSR count). The smallest absolute Gasteiger partial charge is 0.313 e. The van der Waals surface area contributed by atoms with Gasteiger partial charge in [-0.2, -0.15) is 0 Å².